The van der Waals surface area contributed by atoms with E-state index in [4.69, 9.17) is 9.47 Å². The third-order valence-corrected chi connectivity index (χ3v) is 1.49. The van der Waals surface area contributed by atoms with E-state index in [1.54, 1.807) is 6.26 Å². The minimum atomic E-state index is 0.711. The molecule has 0 bridgehead atoms. The largest absolute Gasteiger partial charge is 0.498 e. The summed E-state index contributed by atoms with van der Waals surface area (Å²) in [6, 6.07) is 0. The van der Waals surface area contributed by atoms with Crippen LogP contribution in [0.25, 0.3) is 0 Å². The fourth-order valence-electron chi connectivity index (χ4n) is 0.878. The fraction of sp³-hybridized carbons (Fsp3) is 0.800. The van der Waals surface area contributed by atoms with Crippen LogP contribution in [0.4, 0.5) is 0 Å². The van der Waals surface area contributed by atoms with Crippen LogP contribution in [0.15, 0.2) is 12.0 Å². The predicted octanol–water partition coefficient (Wildman–Crippen LogP) is 3.09. The maximum absolute atomic E-state index is 5.38. The molecule has 0 aliphatic rings. The van der Waals surface area contributed by atoms with Gasteiger partial charge in [0.05, 0.1) is 13.2 Å². The lowest BCUT2D eigenvalue weighted by Gasteiger charge is -2.07. The van der Waals surface area contributed by atoms with Crippen LogP contribution >= 0.6 is 0 Å². The smallest absolute Gasteiger partial charge is 0.130 e. The zero-order chi connectivity index (χ0) is 9.23. The van der Waals surface area contributed by atoms with Crippen LogP contribution < -0.4 is 0 Å². The molecule has 0 spiro atoms. The van der Waals surface area contributed by atoms with Crippen molar-refractivity contribution in [3.8, 4) is 0 Å². The Labute approximate surface area is 75.6 Å². The van der Waals surface area contributed by atoms with E-state index in [9.17, 15) is 0 Å². The first-order valence-corrected chi connectivity index (χ1v) is 4.78. The van der Waals surface area contributed by atoms with Gasteiger partial charge in [-0.1, -0.05) is 13.3 Å². The van der Waals surface area contributed by atoms with Crippen LogP contribution in [0.1, 0.15) is 40.0 Å². The summed E-state index contributed by atoms with van der Waals surface area (Å²) < 4.78 is 10.5. The average Bonchev–Trinajstić information content (AvgIpc) is 2.10. The number of allylic oxidation sites excluding steroid dienone is 1. The Kier molecular flexibility index (Phi) is 7.97. The van der Waals surface area contributed by atoms with Crippen LogP contribution in [-0.4, -0.2) is 13.2 Å². The third-order valence-electron chi connectivity index (χ3n) is 1.49. The lowest BCUT2D eigenvalue weighted by atomic mass is 10.2. The Bertz CT molecular complexity index is 119. The van der Waals surface area contributed by atoms with Crippen molar-refractivity contribution in [2.75, 3.05) is 13.2 Å². The predicted molar refractivity (Wildman–Crippen MR) is 50.9 cm³/mol. The van der Waals surface area contributed by atoms with E-state index in [2.05, 4.69) is 6.92 Å². The van der Waals surface area contributed by atoms with Gasteiger partial charge >= 0.3 is 0 Å². The Balaban J connectivity index is 3.68. The number of rotatable bonds is 7. The highest BCUT2D eigenvalue weighted by atomic mass is 16.5. The molecule has 0 saturated heterocycles. The molecule has 0 aliphatic heterocycles. The molecule has 0 rings (SSSR count). The molecule has 2 nitrogen and oxygen atoms in total. The molecule has 0 aliphatic carbocycles. The Hall–Kier alpha value is -0.660. The lowest BCUT2D eigenvalue weighted by Crippen LogP contribution is -1.93. The number of hydrogen-bond donors (Lipinski definition) is 0. The summed E-state index contributed by atoms with van der Waals surface area (Å²) in [7, 11) is 0. The molecule has 0 atom stereocenters. The van der Waals surface area contributed by atoms with Gasteiger partial charge in [-0.3, -0.25) is 0 Å². The SMILES string of the molecule is CCCC/C(=C/OCC)OCC. The van der Waals surface area contributed by atoms with Crippen LogP contribution in [0.3, 0.4) is 0 Å². The van der Waals surface area contributed by atoms with Crippen molar-refractivity contribution in [1.82, 2.24) is 0 Å². The summed E-state index contributed by atoms with van der Waals surface area (Å²) >= 11 is 0. The van der Waals surface area contributed by atoms with Crippen molar-refractivity contribution in [2.45, 2.75) is 40.0 Å². The van der Waals surface area contributed by atoms with Crippen LogP contribution in [0.5, 0.6) is 0 Å². The number of ether oxygens (including phenoxy) is 2. The second kappa shape index (κ2) is 8.44. The van der Waals surface area contributed by atoms with E-state index in [0.717, 1.165) is 18.8 Å². The van der Waals surface area contributed by atoms with E-state index in [1.165, 1.54) is 12.8 Å². The first-order chi connectivity index (χ1) is 5.85. The molecule has 12 heavy (non-hydrogen) atoms. The molecule has 0 fully saturated rings. The highest BCUT2D eigenvalue weighted by Gasteiger charge is 1.96. The minimum Gasteiger partial charge on any atom is -0.498 e. The van der Waals surface area contributed by atoms with E-state index >= 15 is 0 Å². The number of unbranched alkanes of at least 4 members (excludes halogenated alkanes) is 1. The summed E-state index contributed by atoms with van der Waals surface area (Å²) in [5.74, 6) is 0.973. The molecule has 0 heterocycles. The van der Waals surface area contributed by atoms with E-state index in [-0.39, 0.29) is 0 Å². The van der Waals surface area contributed by atoms with Crippen LogP contribution in [0, 0.1) is 0 Å². The first kappa shape index (κ1) is 11.3. The summed E-state index contributed by atoms with van der Waals surface area (Å²) in [4.78, 5) is 0. The molecule has 0 N–H and O–H groups in total. The molecule has 0 saturated carbocycles. The van der Waals surface area contributed by atoms with Gasteiger partial charge in [0.25, 0.3) is 0 Å². The quantitative estimate of drug-likeness (QED) is 0.549. The summed E-state index contributed by atoms with van der Waals surface area (Å²) in [5, 5.41) is 0. The minimum absolute atomic E-state index is 0.711. The zero-order valence-corrected chi connectivity index (χ0v) is 8.43. The van der Waals surface area contributed by atoms with E-state index in [0.29, 0.717) is 6.61 Å². The van der Waals surface area contributed by atoms with Gasteiger partial charge in [-0.25, -0.2) is 0 Å². The molecule has 0 aromatic rings. The summed E-state index contributed by atoms with van der Waals surface area (Å²) in [6.07, 6.45) is 5.08. The van der Waals surface area contributed by atoms with Crippen LogP contribution in [-0.2, 0) is 9.47 Å². The molecule has 0 aromatic heterocycles. The Morgan fingerprint density at radius 2 is 1.92 bits per heavy atom. The fourth-order valence-corrected chi connectivity index (χ4v) is 0.878. The van der Waals surface area contributed by atoms with Gasteiger partial charge < -0.3 is 9.47 Å². The van der Waals surface area contributed by atoms with Crippen molar-refractivity contribution >= 4 is 0 Å². The van der Waals surface area contributed by atoms with Gasteiger partial charge in [-0.05, 0) is 20.3 Å². The summed E-state index contributed by atoms with van der Waals surface area (Å²) in [5.41, 5.74) is 0. The average molecular weight is 172 g/mol. The van der Waals surface area contributed by atoms with Crippen LogP contribution in [0.2, 0.25) is 0 Å². The number of hydrogen-bond acceptors (Lipinski definition) is 2. The van der Waals surface area contributed by atoms with Crippen molar-refractivity contribution < 1.29 is 9.47 Å². The molecule has 0 unspecified atom stereocenters. The van der Waals surface area contributed by atoms with Crippen molar-refractivity contribution in [3.05, 3.63) is 12.0 Å². The molecular formula is C10H20O2. The molecule has 0 radical (unpaired) electrons. The standard InChI is InChI=1S/C10H20O2/c1-4-7-8-10(12-6-3)9-11-5-2/h9H,4-8H2,1-3H3/b10-9-. The normalized spacial score (nSPS) is 11.4. The van der Waals surface area contributed by atoms with Gasteiger partial charge in [0.15, 0.2) is 0 Å². The van der Waals surface area contributed by atoms with Gasteiger partial charge in [-0.2, -0.15) is 0 Å². The Morgan fingerprint density at radius 1 is 1.17 bits per heavy atom. The van der Waals surface area contributed by atoms with E-state index < -0.39 is 0 Å². The van der Waals surface area contributed by atoms with Crippen molar-refractivity contribution in [1.29, 1.82) is 0 Å². The molecule has 0 amide bonds. The van der Waals surface area contributed by atoms with Gasteiger partial charge in [0.2, 0.25) is 0 Å². The maximum atomic E-state index is 5.38. The zero-order valence-electron chi connectivity index (χ0n) is 8.43. The van der Waals surface area contributed by atoms with Crippen molar-refractivity contribution in [2.24, 2.45) is 0 Å². The molecular weight excluding hydrogens is 152 g/mol. The molecule has 0 aromatic carbocycles. The molecule has 72 valence electrons. The highest BCUT2D eigenvalue weighted by molar-refractivity contribution is 4.87. The van der Waals surface area contributed by atoms with Gasteiger partial charge in [-0.15, -0.1) is 0 Å². The lowest BCUT2D eigenvalue weighted by molar-refractivity contribution is 0.181. The topological polar surface area (TPSA) is 18.5 Å². The van der Waals surface area contributed by atoms with Gasteiger partial charge in [0, 0.05) is 6.42 Å². The molecule has 2 heteroatoms. The van der Waals surface area contributed by atoms with Crippen molar-refractivity contribution in [3.63, 3.8) is 0 Å². The maximum Gasteiger partial charge on any atom is 0.130 e. The second-order valence-electron chi connectivity index (χ2n) is 2.58. The Morgan fingerprint density at radius 3 is 2.42 bits per heavy atom. The third kappa shape index (κ3) is 6.08. The highest BCUT2D eigenvalue weighted by Crippen LogP contribution is 2.08. The van der Waals surface area contributed by atoms with E-state index in [1.807, 2.05) is 13.8 Å². The monoisotopic (exact) mass is 172 g/mol. The second-order valence-corrected chi connectivity index (χ2v) is 2.58. The first-order valence-electron chi connectivity index (χ1n) is 4.78. The summed E-state index contributed by atoms with van der Waals surface area (Å²) in [6.45, 7) is 7.57. The van der Waals surface area contributed by atoms with Gasteiger partial charge in [0.1, 0.15) is 12.0 Å².